The fourth-order valence-electron chi connectivity index (χ4n) is 9.22. The van der Waals surface area contributed by atoms with Gasteiger partial charge in [-0.05, 0) is 81.6 Å². The van der Waals surface area contributed by atoms with E-state index in [1.165, 1.54) is 16.7 Å². The van der Waals surface area contributed by atoms with Gasteiger partial charge in [0.2, 0.25) is 0 Å². The highest BCUT2D eigenvalue weighted by Gasteiger charge is 2.61. The first-order valence-corrected chi connectivity index (χ1v) is 18.4. The molecule has 282 valence electrons. The van der Waals surface area contributed by atoms with E-state index >= 15 is 0 Å². The summed E-state index contributed by atoms with van der Waals surface area (Å²) in [5, 5.41) is 9.57. The second kappa shape index (κ2) is 17.3. The van der Waals surface area contributed by atoms with Gasteiger partial charge in [0.05, 0.1) is 50.1 Å². The van der Waals surface area contributed by atoms with E-state index in [9.17, 15) is 19.5 Å². The summed E-state index contributed by atoms with van der Waals surface area (Å²) < 4.78 is 28.9. The van der Waals surface area contributed by atoms with Crippen LogP contribution in [0.2, 0.25) is 0 Å². The lowest BCUT2D eigenvalue weighted by atomic mass is 9.57. The molecule has 2 spiro atoms. The molecule has 0 bridgehead atoms. The summed E-state index contributed by atoms with van der Waals surface area (Å²) in [7, 11) is 0. The van der Waals surface area contributed by atoms with Crippen LogP contribution in [0.5, 0.6) is 0 Å². The van der Waals surface area contributed by atoms with Crippen LogP contribution < -0.4 is 0 Å². The van der Waals surface area contributed by atoms with Gasteiger partial charge in [-0.1, -0.05) is 79.2 Å². The molecule has 4 fully saturated rings. The van der Waals surface area contributed by atoms with Crippen LogP contribution in [0.4, 0.5) is 0 Å². The number of ketones is 2. The molecule has 0 radical (unpaired) electrons. The Kier molecular flexibility index (Phi) is 13.1. The van der Waals surface area contributed by atoms with Crippen molar-refractivity contribution in [2.45, 2.75) is 96.6 Å². The largest absolute Gasteiger partial charge is 0.515 e. The second-order valence-corrected chi connectivity index (χ2v) is 14.1. The molecule has 0 aromatic heterocycles. The van der Waals surface area contributed by atoms with Crippen LogP contribution in [0.15, 0.2) is 95.8 Å². The summed E-state index contributed by atoms with van der Waals surface area (Å²) in [5.41, 5.74) is 4.69. The van der Waals surface area contributed by atoms with Crippen LogP contribution in [-0.4, -0.2) is 67.8 Å². The number of aliphatic hydroxyl groups excluding tert-OH is 1. The maximum absolute atomic E-state index is 12.3. The van der Waals surface area contributed by atoms with Crippen molar-refractivity contribution >= 4 is 18.0 Å². The van der Waals surface area contributed by atoms with Gasteiger partial charge in [-0.15, -0.1) is 0 Å². The number of allylic oxidation sites excluding steroid dienone is 3. The van der Waals surface area contributed by atoms with E-state index in [0.29, 0.717) is 57.9 Å². The van der Waals surface area contributed by atoms with Crippen molar-refractivity contribution in [1.82, 2.24) is 0 Å². The molecule has 9 heteroatoms. The summed E-state index contributed by atoms with van der Waals surface area (Å²) in [6.07, 6.45) is 13.7. The molecule has 2 aliphatic heterocycles. The topological polar surface area (TPSA) is 118 Å². The highest BCUT2D eigenvalue weighted by atomic mass is 16.7. The van der Waals surface area contributed by atoms with Crippen LogP contribution in [0.25, 0.3) is 0 Å². The van der Waals surface area contributed by atoms with Crippen LogP contribution in [0, 0.1) is 10.8 Å². The molecule has 2 aromatic rings. The average Bonchev–Trinajstić information content (AvgIpc) is 3.83. The molecule has 1 N–H and O–H groups in total. The number of hydrogen-bond acceptors (Lipinski definition) is 9. The Morgan fingerprint density at radius 2 is 1.23 bits per heavy atom. The Bertz CT molecular complexity index is 1620. The molecule has 0 amide bonds. The van der Waals surface area contributed by atoms with Crippen molar-refractivity contribution in [3.63, 3.8) is 0 Å². The highest BCUT2D eigenvalue weighted by Crippen LogP contribution is 2.59. The van der Waals surface area contributed by atoms with Gasteiger partial charge >= 0.3 is 0 Å². The average molecular weight is 717 g/mol. The maximum atomic E-state index is 12.3. The Hall–Kier alpha value is -3.89. The van der Waals surface area contributed by atoms with E-state index in [1.54, 1.807) is 13.0 Å². The Labute approximate surface area is 309 Å². The van der Waals surface area contributed by atoms with Crippen molar-refractivity contribution in [3.8, 4) is 0 Å². The van der Waals surface area contributed by atoms with Crippen LogP contribution in [-0.2, 0) is 50.9 Å². The second-order valence-electron chi connectivity index (χ2n) is 14.1. The summed E-state index contributed by atoms with van der Waals surface area (Å²) >= 11 is 0. The van der Waals surface area contributed by atoms with Crippen molar-refractivity contribution in [3.05, 3.63) is 107 Å². The monoisotopic (exact) mass is 716 g/mol. The molecule has 2 unspecified atom stereocenters. The third kappa shape index (κ3) is 7.60. The molecule has 2 aromatic carbocycles. The fraction of sp³-hybridized carbons (Fsp3) is 0.512. The molecule has 2 saturated heterocycles. The minimum Gasteiger partial charge on any atom is -0.515 e. The normalized spacial score (nSPS) is 27.4. The number of fused-ring (bicyclic) bond motifs is 4. The van der Waals surface area contributed by atoms with Crippen molar-refractivity contribution < 1.29 is 44.6 Å². The summed E-state index contributed by atoms with van der Waals surface area (Å²) in [6.45, 7) is 5.15. The molecule has 2 heterocycles. The number of benzene rings is 2. The molecular formula is C43H56O9. The molecular weight excluding hydrogens is 660 g/mol. The predicted molar refractivity (Wildman–Crippen MR) is 199 cm³/mol. The lowest BCUT2D eigenvalue weighted by molar-refractivity contribution is -0.242. The standard InChI is InChI=1S/C20H22O4.C19H22O3.C3H6O2.CH4.H2/c21-14-16-13-19(12-15-5-2-1-3-6-15)17(11-18(16)22)7-4-8-20(19)23-9-10-24-20;20-17-8-10-18(14-15-5-2-1-3-6-15)16(13-17)7-4-9-19(18)21-11-12-22-19;1-2-5-3-4;;/h1-3,5-6,11,14,21H,4,7-10,12-13H2;1-3,5-6,13H,4,7-12,14H2;3H,2H2,1H3;1H4;1H/b16-14-;;;;. The van der Waals surface area contributed by atoms with Crippen molar-refractivity contribution in [2.75, 3.05) is 33.0 Å². The quantitative estimate of drug-likeness (QED) is 0.180. The van der Waals surface area contributed by atoms with Gasteiger partial charge in [0.1, 0.15) is 0 Å². The first-order valence-electron chi connectivity index (χ1n) is 18.4. The summed E-state index contributed by atoms with van der Waals surface area (Å²) in [4.78, 5) is 33.4. The maximum Gasteiger partial charge on any atom is 0.293 e. The first kappa shape index (κ1) is 39.3. The van der Waals surface area contributed by atoms with Gasteiger partial charge in [0.15, 0.2) is 23.1 Å². The van der Waals surface area contributed by atoms with Crippen LogP contribution in [0.3, 0.4) is 0 Å². The number of hydrogen-bond donors (Lipinski definition) is 1. The van der Waals surface area contributed by atoms with Crippen molar-refractivity contribution in [2.24, 2.45) is 10.8 Å². The SMILES string of the molecule is C.CCOC=O.O=C1C=C2CCCC3(OCCO3)C2(Cc2ccccc2)C/C1=C/O.O=C1C=C2CCCC3(OCCO3)C2(Cc2ccccc2)CC1.[HH]. The lowest BCUT2D eigenvalue weighted by Crippen LogP contribution is -2.56. The van der Waals surface area contributed by atoms with E-state index in [2.05, 4.69) is 41.1 Å². The zero-order valence-electron chi connectivity index (χ0n) is 29.6. The third-order valence-corrected chi connectivity index (χ3v) is 11.4. The Morgan fingerprint density at radius 1 is 0.731 bits per heavy atom. The molecule has 52 heavy (non-hydrogen) atoms. The number of aliphatic hydroxyl groups is 1. The summed E-state index contributed by atoms with van der Waals surface area (Å²) in [6, 6.07) is 20.8. The number of carbonyl (C=O) groups is 3. The van der Waals surface area contributed by atoms with Gasteiger partial charge in [-0.3, -0.25) is 14.4 Å². The van der Waals surface area contributed by atoms with Gasteiger partial charge in [0.25, 0.3) is 6.47 Å². The molecule has 9 nitrogen and oxygen atoms in total. The molecule has 6 aliphatic rings. The number of rotatable bonds is 6. The van der Waals surface area contributed by atoms with Crippen molar-refractivity contribution in [1.29, 1.82) is 0 Å². The lowest BCUT2D eigenvalue weighted by Gasteiger charge is -2.53. The zero-order valence-corrected chi connectivity index (χ0v) is 29.6. The van der Waals surface area contributed by atoms with Crippen LogP contribution >= 0.6 is 0 Å². The Balaban J connectivity index is 0.000000204. The molecule has 4 aliphatic carbocycles. The predicted octanol–water partition coefficient (Wildman–Crippen LogP) is 7.98. The molecule has 8 rings (SSSR count). The zero-order chi connectivity index (χ0) is 35.8. The highest BCUT2D eigenvalue weighted by molar-refractivity contribution is 6.05. The fourth-order valence-corrected chi connectivity index (χ4v) is 9.22. The molecule has 2 atom stereocenters. The van der Waals surface area contributed by atoms with E-state index in [1.807, 2.05) is 30.3 Å². The van der Waals surface area contributed by atoms with E-state index in [-0.39, 0.29) is 25.8 Å². The van der Waals surface area contributed by atoms with Gasteiger partial charge in [0, 0.05) is 26.3 Å². The first-order chi connectivity index (χ1) is 24.8. The minimum absolute atomic E-state index is 0. The summed E-state index contributed by atoms with van der Waals surface area (Å²) in [5.74, 6) is -1.05. The smallest absolute Gasteiger partial charge is 0.293 e. The van der Waals surface area contributed by atoms with Crippen LogP contribution in [0.1, 0.15) is 84.7 Å². The number of ether oxygens (including phenoxy) is 5. The minimum atomic E-state index is -0.693. The Morgan fingerprint density at radius 3 is 1.71 bits per heavy atom. The van der Waals surface area contributed by atoms with Gasteiger partial charge in [-0.2, -0.15) is 0 Å². The third-order valence-electron chi connectivity index (χ3n) is 11.4. The number of carbonyl (C=O) groups excluding carboxylic acids is 3. The van der Waals surface area contributed by atoms with Gasteiger partial charge < -0.3 is 28.8 Å². The molecule has 2 saturated carbocycles. The van der Waals surface area contributed by atoms with E-state index in [4.69, 9.17) is 18.9 Å². The van der Waals surface area contributed by atoms with E-state index in [0.717, 1.165) is 69.6 Å². The van der Waals surface area contributed by atoms with E-state index < -0.39 is 17.0 Å². The van der Waals surface area contributed by atoms with Gasteiger partial charge in [-0.25, -0.2) is 0 Å².